The van der Waals surface area contributed by atoms with E-state index in [1.807, 2.05) is 30.3 Å². The summed E-state index contributed by atoms with van der Waals surface area (Å²) in [4.78, 5) is 11.7. The van der Waals surface area contributed by atoms with Crippen molar-refractivity contribution in [1.82, 2.24) is 0 Å². The lowest BCUT2D eigenvalue weighted by Crippen LogP contribution is -2.08. The fourth-order valence-electron chi connectivity index (χ4n) is 1.90. The van der Waals surface area contributed by atoms with Gasteiger partial charge in [0.15, 0.2) is 0 Å². The molecule has 0 radical (unpaired) electrons. The summed E-state index contributed by atoms with van der Waals surface area (Å²) in [6.45, 7) is 0.157. The number of methoxy groups -OCH3 is 1. The minimum atomic E-state index is -1.40. The number of carbonyl (C=O) groups is 1. The van der Waals surface area contributed by atoms with Gasteiger partial charge >= 0.3 is 5.97 Å². The Morgan fingerprint density at radius 1 is 1.14 bits per heavy atom. The first-order valence-electron chi connectivity index (χ1n) is 6.66. The molecule has 2 rings (SSSR count). The predicted molar refractivity (Wildman–Crippen MR) is 77.7 cm³/mol. The zero-order valence-electron chi connectivity index (χ0n) is 11.8. The number of halogens is 1. The Balaban J connectivity index is 1.87. The summed E-state index contributed by atoms with van der Waals surface area (Å²) in [6, 6.07) is 15.9. The molecule has 0 N–H and O–H groups in total. The molecule has 110 valence electrons. The Kier molecular flexibility index (Phi) is 5.32. The molecule has 0 spiro atoms. The summed E-state index contributed by atoms with van der Waals surface area (Å²) in [5, 5.41) is 0. The normalized spacial score (nSPS) is 11.7. The van der Waals surface area contributed by atoms with Crippen LogP contribution >= 0.6 is 0 Å². The van der Waals surface area contributed by atoms with Crippen molar-refractivity contribution in [2.45, 2.75) is 19.2 Å². The Hall–Kier alpha value is -2.36. The molecule has 0 aliphatic rings. The first kappa shape index (κ1) is 15.0. The predicted octanol–water partition coefficient (Wildman–Crippen LogP) is 3.84. The molecule has 0 heterocycles. The zero-order valence-corrected chi connectivity index (χ0v) is 11.8. The van der Waals surface area contributed by atoms with E-state index in [1.54, 1.807) is 24.3 Å². The van der Waals surface area contributed by atoms with Crippen LogP contribution < -0.4 is 4.74 Å². The van der Waals surface area contributed by atoms with E-state index in [0.29, 0.717) is 11.3 Å². The van der Waals surface area contributed by atoms with Gasteiger partial charge < -0.3 is 9.47 Å². The van der Waals surface area contributed by atoms with Gasteiger partial charge in [-0.25, -0.2) is 4.39 Å². The second-order valence-corrected chi connectivity index (χ2v) is 4.59. The van der Waals surface area contributed by atoms with Crippen molar-refractivity contribution in [3.63, 3.8) is 0 Å². The van der Waals surface area contributed by atoms with Gasteiger partial charge in [0.25, 0.3) is 0 Å². The second kappa shape index (κ2) is 7.43. The Morgan fingerprint density at radius 2 is 1.90 bits per heavy atom. The van der Waals surface area contributed by atoms with Crippen LogP contribution in [0.4, 0.5) is 4.39 Å². The first-order chi connectivity index (χ1) is 10.2. The Bertz CT molecular complexity index is 584. The maximum absolute atomic E-state index is 14.1. The van der Waals surface area contributed by atoms with Crippen molar-refractivity contribution >= 4 is 5.97 Å². The van der Waals surface area contributed by atoms with Gasteiger partial charge in [-0.05, 0) is 23.3 Å². The summed E-state index contributed by atoms with van der Waals surface area (Å²) >= 11 is 0. The molecule has 0 aromatic heterocycles. The van der Waals surface area contributed by atoms with Crippen molar-refractivity contribution in [3.05, 3.63) is 65.7 Å². The van der Waals surface area contributed by atoms with E-state index in [-0.39, 0.29) is 13.0 Å². The minimum Gasteiger partial charge on any atom is -0.497 e. The van der Waals surface area contributed by atoms with Gasteiger partial charge in [0.05, 0.1) is 13.5 Å². The number of ether oxygens (including phenoxy) is 2. The number of alkyl halides is 1. The van der Waals surface area contributed by atoms with Gasteiger partial charge in [0.1, 0.15) is 18.5 Å². The highest BCUT2D eigenvalue weighted by molar-refractivity contribution is 5.70. The fourth-order valence-corrected chi connectivity index (χ4v) is 1.90. The van der Waals surface area contributed by atoms with Crippen molar-refractivity contribution in [3.8, 4) is 5.75 Å². The van der Waals surface area contributed by atoms with Crippen LogP contribution in [-0.2, 0) is 16.1 Å². The van der Waals surface area contributed by atoms with Gasteiger partial charge in [-0.1, -0.05) is 42.5 Å². The molecule has 0 amide bonds. The van der Waals surface area contributed by atoms with Crippen LogP contribution in [0, 0.1) is 0 Å². The van der Waals surface area contributed by atoms with E-state index < -0.39 is 12.1 Å². The third kappa shape index (κ3) is 4.60. The summed E-state index contributed by atoms with van der Waals surface area (Å²) < 4.78 is 24.2. The van der Waals surface area contributed by atoms with E-state index in [9.17, 15) is 9.18 Å². The average Bonchev–Trinajstić information content (AvgIpc) is 2.54. The molecule has 0 aliphatic heterocycles. The van der Waals surface area contributed by atoms with Crippen molar-refractivity contribution < 1.29 is 18.7 Å². The quantitative estimate of drug-likeness (QED) is 0.758. The van der Waals surface area contributed by atoms with E-state index in [1.165, 1.54) is 7.11 Å². The minimum absolute atomic E-state index is 0.157. The van der Waals surface area contributed by atoms with Crippen LogP contribution in [-0.4, -0.2) is 13.1 Å². The number of rotatable bonds is 6. The molecule has 21 heavy (non-hydrogen) atoms. The fraction of sp³-hybridized carbons (Fsp3) is 0.235. The topological polar surface area (TPSA) is 35.5 Å². The molecular weight excluding hydrogens is 271 g/mol. The summed E-state index contributed by atoms with van der Waals surface area (Å²) in [5.74, 6) is 0.00183. The number of benzene rings is 2. The third-order valence-corrected chi connectivity index (χ3v) is 3.04. The number of hydrogen-bond donors (Lipinski definition) is 0. The zero-order chi connectivity index (χ0) is 15.1. The second-order valence-electron chi connectivity index (χ2n) is 4.59. The average molecular weight is 288 g/mol. The standard InChI is InChI=1S/C17H17FO3/c1-20-15-9-5-8-14(10-15)16(18)11-17(19)21-12-13-6-3-2-4-7-13/h2-10,16H,11-12H2,1H3/t16-/m0/s1. The summed E-state index contributed by atoms with van der Waals surface area (Å²) in [6.07, 6.45) is -1.71. The molecule has 0 bridgehead atoms. The molecule has 4 heteroatoms. The molecule has 3 nitrogen and oxygen atoms in total. The highest BCUT2D eigenvalue weighted by Gasteiger charge is 2.16. The highest BCUT2D eigenvalue weighted by Crippen LogP contribution is 2.25. The number of esters is 1. The summed E-state index contributed by atoms with van der Waals surface area (Å²) in [5.41, 5.74) is 1.29. The molecule has 2 aromatic carbocycles. The molecular formula is C17H17FO3. The van der Waals surface area contributed by atoms with E-state index in [0.717, 1.165) is 5.56 Å². The van der Waals surface area contributed by atoms with Gasteiger partial charge in [0, 0.05) is 0 Å². The maximum Gasteiger partial charge on any atom is 0.309 e. The molecule has 1 atom stereocenters. The van der Waals surface area contributed by atoms with Gasteiger partial charge in [-0.2, -0.15) is 0 Å². The highest BCUT2D eigenvalue weighted by atomic mass is 19.1. The van der Waals surface area contributed by atoms with Crippen LogP contribution in [0.2, 0.25) is 0 Å². The monoisotopic (exact) mass is 288 g/mol. The van der Waals surface area contributed by atoms with Crippen molar-refractivity contribution in [2.24, 2.45) is 0 Å². The molecule has 0 fully saturated rings. The van der Waals surface area contributed by atoms with E-state index >= 15 is 0 Å². The Labute approximate surface area is 123 Å². The molecule has 0 aliphatic carbocycles. The lowest BCUT2D eigenvalue weighted by Gasteiger charge is -2.10. The van der Waals surface area contributed by atoms with E-state index in [4.69, 9.17) is 9.47 Å². The van der Waals surface area contributed by atoms with Gasteiger partial charge in [-0.15, -0.1) is 0 Å². The van der Waals surface area contributed by atoms with Gasteiger partial charge in [0.2, 0.25) is 0 Å². The molecule has 0 unspecified atom stereocenters. The lowest BCUT2D eigenvalue weighted by molar-refractivity contribution is -0.146. The maximum atomic E-state index is 14.1. The van der Waals surface area contributed by atoms with Crippen LogP contribution in [0.3, 0.4) is 0 Å². The summed E-state index contributed by atoms with van der Waals surface area (Å²) in [7, 11) is 1.51. The largest absolute Gasteiger partial charge is 0.497 e. The van der Waals surface area contributed by atoms with Crippen molar-refractivity contribution in [2.75, 3.05) is 7.11 Å². The SMILES string of the molecule is COc1cccc([C@@H](F)CC(=O)OCc2ccccc2)c1. The molecule has 0 saturated heterocycles. The van der Waals surface area contributed by atoms with Crippen LogP contribution in [0.25, 0.3) is 0 Å². The third-order valence-electron chi connectivity index (χ3n) is 3.04. The van der Waals surface area contributed by atoms with E-state index in [2.05, 4.69) is 0 Å². The van der Waals surface area contributed by atoms with Crippen LogP contribution in [0.15, 0.2) is 54.6 Å². The van der Waals surface area contributed by atoms with Crippen molar-refractivity contribution in [1.29, 1.82) is 0 Å². The Morgan fingerprint density at radius 3 is 2.62 bits per heavy atom. The van der Waals surface area contributed by atoms with Crippen LogP contribution in [0.5, 0.6) is 5.75 Å². The number of carbonyl (C=O) groups excluding carboxylic acids is 1. The van der Waals surface area contributed by atoms with Crippen LogP contribution in [0.1, 0.15) is 23.7 Å². The number of hydrogen-bond acceptors (Lipinski definition) is 3. The molecule has 2 aromatic rings. The smallest absolute Gasteiger partial charge is 0.309 e. The van der Waals surface area contributed by atoms with Gasteiger partial charge in [-0.3, -0.25) is 4.79 Å². The lowest BCUT2D eigenvalue weighted by atomic mass is 10.1. The molecule has 0 saturated carbocycles. The first-order valence-corrected chi connectivity index (χ1v) is 6.66.